The van der Waals surface area contributed by atoms with Crippen LogP contribution in [0.15, 0.2) is 71.1 Å². The molecule has 0 spiro atoms. The van der Waals surface area contributed by atoms with Crippen LogP contribution in [0.2, 0.25) is 5.02 Å². The van der Waals surface area contributed by atoms with Crippen molar-refractivity contribution < 1.29 is 0 Å². The maximum absolute atomic E-state index is 12.8. The minimum Gasteiger partial charge on any atom is -0.272 e. The molecule has 4 aromatic rings. The second-order valence-electron chi connectivity index (χ2n) is 6.12. The number of allylic oxidation sites excluding steroid dienone is 1. The number of hydrogen-bond acceptors (Lipinski definition) is 4. The lowest BCUT2D eigenvalue weighted by Gasteiger charge is -2.13. The molecule has 7 heteroatoms. The number of hydrogen-bond donors (Lipinski definition) is 0. The van der Waals surface area contributed by atoms with Crippen LogP contribution in [0.1, 0.15) is 17.7 Å². The molecule has 2 heterocycles. The van der Waals surface area contributed by atoms with Gasteiger partial charge in [-0.3, -0.25) is 13.8 Å². The summed E-state index contributed by atoms with van der Waals surface area (Å²) in [5.41, 5.74) is 1.72. The summed E-state index contributed by atoms with van der Waals surface area (Å²) >= 11 is 7.91. The van der Waals surface area contributed by atoms with Gasteiger partial charge in [0, 0.05) is 16.8 Å². The van der Waals surface area contributed by atoms with E-state index in [4.69, 9.17) is 11.6 Å². The minimum atomic E-state index is -0.0962. The predicted molar refractivity (Wildman–Crippen MR) is 111 cm³/mol. The molecule has 5 nitrogen and oxygen atoms in total. The molecule has 0 aliphatic rings. The zero-order chi connectivity index (χ0) is 19.0. The Morgan fingerprint density at radius 1 is 1.19 bits per heavy atom. The molecule has 2 aromatic heterocycles. The van der Waals surface area contributed by atoms with Crippen LogP contribution in [0.4, 0.5) is 0 Å². The largest absolute Gasteiger partial charge is 0.272 e. The molecule has 0 N–H and O–H groups in total. The number of benzene rings is 2. The maximum Gasteiger partial charge on any atom is 0.263 e. The van der Waals surface area contributed by atoms with Crippen LogP contribution in [0, 0.1) is 0 Å². The third-order valence-corrected chi connectivity index (χ3v) is 5.84. The third-order valence-electron chi connectivity index (χ3n) is 4.42. The van der Waals surface area contributed by atoms with Gasteiger partial charge in [-0.2, -0.15) is 0 Å². The van der Waals surface area contributed by atoms with Gasteiger partial charge in [-0.1, -0.05) is 59.8 Å². The first kappa shape index (κ1) is 17.8. The van der Waals surface area contributed by atoms with E-state index in [1.165, 1.54) is 0 Å². The van der Waals surface area contributed by atoms with E-state index >= 15 is 0 Å². The van der Waals surface area contributed by atoms with Gasteiger partial charge in [0.1, 0.15) is 0 Å². The van der Waals surface area contributed by atoms with E-state index in [9.17, 15) is 4.79 Å². The van der Waals surface area contributed by atoms with Crippen molar-refractivity contribution in [3.05, 3.63) is 82.1 Å². The van der Waals surface area contributed by atoms with Gasteiger partial charge < -0.3 is 0 Å². The monoisotopic (exact) mass is 396 g/mol. The van der Waals surface area contributed by atoms with Gasteiger partial charge in [-0.05, 0) is 30.7 Å². The summed E-state index contributed by atoms with van der Waals surface area (Å²) in [4.78, 5) is 12.8. The standard InChI is InChI=1S/C20H17ClN4OS/c1-3-12-24-18(26)15-9-5-7-11-17(15)25-19(24)22-23-20(25)27-13(2)14-8-4-6-10-16(14)21/h3-11,13H,1,12H2,2H3. The van der Waals surface area contributed by atoms with Crippen LogP contribution in [-0.4, -0.2) is 19.2 Å². The SMILES string of the molecule is C=CCn1c(=O)c2ccccc2n2c(SC(C)c3ccccc3Cl)nnc12. The molecule has 1 atom stereocenters. The van der Waals surface area contributed by atoms with Gasteiger partial charge in [0.05, 0.1) is 10.9 Å². The Balaban J connectivity index is 1.91. The molecule has 2 aromatic carbocycles. The Hall–Kier alpha value is -2.57. The highest BCUT2D eigenvalue weighted by Crippen LogP contribution is 2.37. The van der Waals surface area contributed by atoms with Crippen molar-refractivity contribution in [1.29, 1.82) is 0 Å². The fraction of sp³-hybridized carbons (Fsp3) is 0.150. The molecule has 0 bridgehead atoms. The van der Waals surface area contributed by atoms with Crippen molar-refractivity contribution in [3.63, 3.8) is 0 Å². The fourth-order valence-electron chi connectivity index (χ4n) is 3.13. The molecule has 4 rings (SSSR count). The first-order valence-electron chi connectivity index (χ1n) is 8.50. The molecular weight excluding hydrogens is 380 g/mol. The van der Waals surface area contributed by atoms with E-state index < -0.39 is 0 Å². The highest BCUT2D eigenvalue weighted by molar-refractivity contribution is 7.99. The van der Waals surface area contributed by atoms with Crippen LogP contribution >= 0.6 is 23.4 Å². The van der Waals surface area contributed by atoms with Crippen molar-refractivity contribution in [1.82, 2.24) is 19.2 Å². The summed E-state index contributed by atoms with van der Waals surface area (Å²) in [6.45, 7) is 6.20. The normalized spacial score (nSPS) is 12.5. The van der Waals surface area contributed by atoms with Gasteiger partial charge in [0.2, 0.25) is 5.78 Å². The lowest BCUT2D eigenvalue weighted by molar-refractivity contribution is 0.783. The average Bonchev–Trinajstić information content (AvgIpc) is 3.09. The van der Waals surface area contributed by atoms with Gasteiger partial charge in [0.15, 0.2) is 5.16 Å². The van der Waals surface area contributed by atoms with Crippen molar-refractivity contribution >= 4 is 40.0 Å². The fourth-order valence-corrected chi connectivity index (χ4v) is 4.52. The highest BCUT2D eigenvalue weighted by atomic mass is 35.5. The van der Waals surface area contributed by atoms with Gasteiger partial charge in [-0.15, -0.1) is 16.8 Å². The van der Waals surface area contributed by atoms with Crippen LogP contribution in [0.25, 0.3) is 16.7 Å². The van der Waals surface area contributed by atoms with Gasteiger partial charge >= 0.3 is 0 Å². The summed E-state index contributed by atoms with van der Waals surface area (Å²) in [5, 5.41) is 10.8. The van der Waals surface area contributed by atoms with E-state index in [0.29, 0.717) is 22.9 Å². The molecule has 1 unspecified atom stereocenters. The van der Waals surface area contributed by atoms with Crippen LogP contribution in [0.3, 0.4) is 0 Å². The lowest BCUT2D eigenvalue weighted by Crippen LogP contribution is -2.22. The summed E-state index contributed by atoms with van der Waals surface area (Å²) in [7, 11) is 0. The minimum absolute atomic E-state index is 0.0737. The Bertz CT molecular complexity index is 1210. The first-order chi connectivity index (χ1) is 13.1. The Labute approximate surface area is 165 Å². The summed E-state index contributed by atoms with van der Waals surface area (Å²) < 4.78 is 3.52. The van der Waals surface area contributed by atoms with Gasteiger partial charge in [-0.25, -0.2) is 0 Å². The number of nitrogens with zero attached hydrogens (tertiary/aromatic N) is 4. The van der Waals surface area contributed by atoms with Crippen LogP contribution < -0.4 is 5.56 Å². The van der Waals surface area contributed by atoms with Crippen LogP contribution in [-0.2, 0) is 6.54 Å². The number of aromatic nitrogens is 4. The quantitative estimate of drug-likeness (QED) is 0.361. The number of rotatable bonds is 5. The van der Waals surface area contributed by atoms with Crippen molar-refractivity contribution in [2.24, 2.45) is 0 Å². The molecular formula is C20H17ClN4OS. The van der Waals surface area contributed by atoms with E-state index in [1.807, 2.05) is 52.9 Å². The lowest BCUT2D eigenvalue weighted by atomic mass is 10.2. The molecule has 27 heavy (non-hydrogen) atoms. The third kappa shape index (κ3) is 3.05. The number of halogens is 1. The molecule has 0 fully saturated rings. The second kappa shape index (κ2) is 7.21. The maximum atomic E-state index is 12.8. The summed E-state index contributed by atoms with van der Waals surface area (Å²) in [6, 6.07) is 15.3. The molecule has 0 saturated heterocycles. The van der Waals surface area contributed by atoms with E-state index in [1.54, 1.807) is 22.4 Å². The smallest absolute Gasteiger partial charge is 0.263 e. The van der Waals surface area contributed by atoms with Crippen LogP contribution in [0.5, 0.6) is 0 Å². The molecule has 0 aliphatic carbocycles. The molecule has 0 radical (unpaired) electrons. The van der Waals surface area contributed by atoms with Crippen molar-refractivity contribution in [2.45, 2.75) is 23.9 Å². The summed E-state index contributed by atoms with van der Waals surface area (Å²) in [5.74, 6) is 0.507. The molecule has 0 aliphatic heterocycles. The topological polar surface area (TPSA) is 52.2 Å². The molecule has 0 saturated carbocycles. The molecule has 0 amide bonds. The second-order valence-corrected chi connectivity index (χ2v) is 7.84. The van der Waals surface area contributed by atoms with Crippen molar-refractivity contribution in [3.8, 4) is 0 Å². The van der Waals surface area contributed by atoms with E-state index in [-0.39, 0.29) is 10.8 Å². The Morgan fingerprint density at radius 3 is 2.70 bits per heavy atom. The zero-order valence-electron chi connectivity index (χ0n) is 14.7. The zero-order valence-corrected chi connectivity index (χ0v) is 16.2. The molecule has 136 valence electrons. The number of para-hydroxylation sites is 1. The van der Waals surface area contributed by atoms with E-state index in [2.05, 4.69) is 23.7 Å². The van der Waals surface area contributed by atoms with E-state index in [0.717, 1.165) is 16.1 Å². The summed E-state index contributed by atoms with van der Waals surface area (Å²) in [6.07, 6.45) is 1.68. The van der Waals surface area contributed by atoms with Gasteiger partial charge in [0.25, 0.3) is 5.56 Å². The Kier molecular flexibility index (Phi) is 4.76. The number of fused-ring (bicyclic) bond motifs is 3. The Morgan fingerprint density at radius 2 is 1.93 bits per heavy atom. The highest BCUT2D eigenvalue weighted by Gasteiger charge is 2.19. The average molecular weight is 397 g/mol. The number of thioether (sulfide) groups is 1. The van der Waals surface area contributed by atoms with Crippen molar-refractivity contribution in [2.75, 3.05) is 0 Å². The first-order valence-corrected chi connectivity index (χ1v) is 9.76. The predicted octanol–water partition coefficient (Wildman–Crippen LogP) is 4.74.